The minimum Gasteiger partial charge on any atom is -0.359 e. The van der Waals surface area contributed by atoms with E-state index in [0.29, 0.717) is 12.2 Å². The minimum absolute atomic E-state index is 0.0935. The maximum Gasteiger partial charge on any atom is 0.293 e. The van der Waals surface area contributed by atoms with Crippen LogP contribution in [0.5, 0.6) is 0 Å². The van der Waals surface area contributed by atoms with Crippen LogP contribution < -0.4 is 0 Å². The molecular formula is C18H17N3O3. The molecule has 1 aromatic carbocycles. The summed E-state index contributed by atoms with van der Waals surface area (Å²) in [7, 11) is 0. The van der Waals surface area contributed by atoms with Gasteiger partial charge in [-0.2, -0.15) is 0 Å². The van der Waals surface area contributed by atoms with E-state index in [1.807, 2.05) is 43.3 Å². The summed E-state index contributed by atoms with van der Waals surface area (Å²) in [4.78, 5) is 14.6. The molecule has 6 nitrogen and oxygen atoms in total. The van der Waals surface area contributed by atoms with Crippen molar-refractivity contribution >= 4 is 5.91 Å². The van der Waals surface area contributed by atoms with Crippen LogP contribution in [-0.2, 0) is 0 Å². The quantitative estimate of drug-likeness (QED) is 0.736. The summed E-state index contributed by atoms with van der Waals surface area (Å²) in [5.41, 5.74) is 2.39. The molecule has 6 heteroatoms. The summed E-state index contributed by atoms with van der Waals surface area (Å²) in [6, 6.07) is 13.1. The first kappa shape index (κ1) is 14.7. The highest BCUT2D eigenvalue weighted by Crippen LogP contribution is 2.33. The summed E-state index contributed by atoms with van der Waals surface area (Å²) in [5.74, 6) is 0.805. The molecule has 1 aliphatic heterocycles. The van der Waals surface area contributed by atoms with Gasteiger partial charge in [-0.1, -0.05) is 40.6 Å². The van der Waals surface area contributed by atoms with Crippen molar-refractivity contribution in [1.82, 2.24) is 15.2 Å². The van der Waals surface area contributed by atoms with Crippen molar-refractivity contribution in [3.8, 4) is 11.3 Å². The predicted octanol–water partition coefficient (Wildman–Crippen LogP) is 3.62. The molecular weight excluding hydrogens is 306 g/mol. The molecule has 122 valence electrons. The number of aryl methyl sites for hydroxylation is 1. The van der Waals surface area contributed by atoms with Crippen molar-refractivity contribution < 1.29 is 13.8 Å². The number of likely N-dealkylation sites (tertiary alicyclic amines) is 1. The molecule has 0 aliphatic carbocycles. The molecule has 3 aromatic rings. The number of nitrogens with zero attached hydrogens (tertiary/aromatic N) is 3. The fourth-order valence-corrected chi connectivity index (χ4v) is 3.11. The number of rotatable bonds is 3. The van der Waals surface area contributed by atoms with Gasteiger partial charge in [0.15, 0.2) is 5.76 Å². The van der Waals surface area contributed by atoms with Gasteiger partial charge in [0.2, 0.25) is 5.76 Å². The third-order valence-corrected chi connectivity index (χ3v) is 4.28. The first-order chi connectivity index (χ1) is 11.7. The maximum atomic E-state index is 12.8. The Balaban J connectivity index is 1.58. The first-order valence-electron chi connectivity index (χ1n) is 7.99. The second-order valence-corrected chi connectivity index (χ2v) is 5.97. The number of hydrogen-bond acceptors (Lipinski definition) is 5. The highest BCUT2D eigenvalue weighted by molar-refractivity contribution is 5.92. The van der Waals surface area contributed by atoms with Crippen molar-refractivity contribution in [1.29, 1.82) is 0 Å². The SMILES string of the molecule is Cc1cc([C@H]2CCCN2C(=O)c2cc(-c3ccccc3)no2)on1. The van der Waals surface area contributed by atoms with Crippen LogP contribution in [0.2, 0.25) is 0 Å². The van der Waals surface area contributed by atoms with E-state index in [1.165, 1.54) is 0 Å². The number of amides is 1. The Bertz CT molecular complexity index is 853. The zero-order valence-corrected chi connectivity index (χ0v) is 13.3. The van der Waals surface area contributed by atoms with Crippen LogP contribution in [0.1, 0.15) is 40.9 Å². The Hall–Kier alpha value is -2.89. The van der Waals surface area contributed by atoms with Crippen molar-refractivity contribution in [2.75, 3.05) is 6.54 Å². The fraction of sp³-hybridized carbons (Fsp3) is 0.278. The summed E-state index contributed by atoms with van der Waals surface area (Å²) in [6.45, 7) is 2.54. The van der Waals surface area contributed by atoms with Crippen LogP contribution >= 0.6 is 0 Å². The molecule has 2 aromatic heterocycles. The Morgan fingerprint density at radius 2 is 2.00 bits per heavy atom. The highest BCUT2D eigenvalue weighted by atomic mass is 16.5. The third-order valence-electron chi connectivity index (χ3n) is 4.28. The van der Waals surface area contributed by atoms with Crippen LogP contribution in [0.4, 0.5) is 0 Å². The minimum atomic E-state index is -0.166. The van der Waals surface area contributed by atoms with Crippen LogP contribution in [0, 0.1) is 6.92 Å². The maximum absolute atomic E-state index is 12.8. The fourth-order valence-electron chi connectivity index (χ4n) is 3.11. The second-order valence-electron chi connectivity index (χ2n) is 5.97. The van der Waals surface area contributed by atoms with Crippen LogP contribution in [0.15, 0.2) is 51.5 Å². The molecule has 1 amide bonds. The Kier molecular flexibility index (Phi) is 3.65. The van der Waals surface area contributed by atoms with Crippen molar-refractivity contribution in [3.63, 3.8) is 0 Å². The number of carbonyl (C=O) groups is 1. The van der Waals surface area contributed by atoms with E-state index in [0.717, 1.165) is 29.9 Å². The van der Waals surface area contributed by atoms with E-state index < -0.39 is 0 Å². The van der Waals surface area contributed by atoms with Gasteiger partial charge < -0.3 is 13.9 Å². The molecule has 0 N–H and O–H groups in total. The van der Waals surface area contributed by atoms with Gasteiger partial charge in [-0.25, -0.2) is 0 Å². The topological polar surface area (TPSA) is 72.4 Å². The average Bonchev–Trinajstić information content (AvgIpc) is 3.35. The van der Waals surface area contributed by atoms with Crippen LogP contribution in [-0.4, -0.2) is 27.7 Å². The molecule has 4 rings (SSSR count). The third kappa shape index (κ3) is 2.60. The zero-order valence-electron chi connectivity index (χ0n) is 13.3. The number of hydrogen-bond donors (Lipinski definition) is 0. The van der Waals surface area contributed by atoms with Gasteiger partial charge in [-0.15, -0.1) is 0 Å². The van der Waals surface area contributed by atoms with E-state index >= 15 is 0 Å². The Morgan fingerprint density at radius 3 is 2.75 bits per heavy atom. The van der Waals surface area contributed by atoms with Gasteiger partial charge in [0, 0.05) is 24.2 Å². The average molecular weight is 323 g/mol. The molecule has 3 heterocycles. The molecule has 1 fully saturated rings. The normalized spacial score (nSPS) is 17.4. The van der Waals surface area contributed by atoms with E-state index in [4.69, 9.17) is 9.05 Å². The summed E-state index contributed by atoms with van der Waals surface area (Å²) < 4.78 is 10.6. The van der Waals surface area contributed by atoms with Crippen LogP contribution in [0.3, 0.4) is 0 Å². The standard InChI is InChI=1S/C18H17N3O3/c1-12-10-16(23-19-12)15-8-5-9-21(15)18(22)17-11-14(20-24-17)13-6-3-2-4-7-13/h2-4,6-7,10-11,15H,5,8-9H2,1H3/t15-/m1/s1. The summed E-state index contributed by atoms with van der Waals surface area (Å²) in [6.07, 6.45) is 1.79. The smallest absolute Gasteiger partial charge is 0.293 e. The van der Waals surface area contributed by atoms with Gasteiger partial charge >= 0.3 is 0 Å². The van der Waals surface area contributed by atoms with Gasteiger partial charge in [-0.3, -0.25) is 4.79 Å². The predicted molar refractivity (Wildman–Crippen MR) is 86.2 cm³/mol. The van der Waals surface area contributed by atoms with Crippen LogP contribution in [0.25, 0.3) is 11.3 Å². The highest BCUT2D eigenvalue weighted by Gasteiger charge is 2.34. The molecule has 0 radical (unpaired) electrons. The molecule has 24 heavy (non-hydrogen) atoms. The molecule has 0 unspecified atom stereocenters. The molecule has 0 saturated carbocycles. The number of benzene rings is 1. The van der Waals surface area contributed by atoms with Gasteiger partial charge in [-0.05, 0) is 19.8 Å². The lowest BCUT2D eigenvalue weighted by atomic mass is 10.1. The van der Waals surface area contributed by atoms with Gasteiger partial charge in [0.25, 0.3) is 5.91 Å². The van der Waals surface area contributed by atoms with E-state index in [9.17, 15) is 4.79 Å². The second kappa shape index (κ2) is 5.96. The zero-order chi connectivity index (χ0) is 16.5. The molecule has 1 aliphatic rings. The number of carbonyl (C=O) groups excluding carboxylic acids is 1. The largest absolute Gasteiger partial charge is 0.359 e. The summed E-state index contributed by atoms with van der Waals surface area (Å²) in [5, 5.41) is 7.95. The Labute approximate surface area is 139 Å². The first-order valence-corrected chi connectivity index (χ1v) is 7.99. The molecule has 1 saturated heterocycles. The van der Waals surface area contributed by atoms with Gasteiger partial charge in [0.1, 0.15) is 5.69 Å². The molecule has 0 bridgehead atoms. The molecule has 0 spiro atoms. The summed E-state index contributed by atoms with van der Waals surface area (Å²) >= 11 is 0. The van der Waals surface area contributed by atoms with Crippen molar-refractivity contribution in [3.05, 3.63) is 59.7 Å². The number of aromatic nitrogens is 2. The van der Waals surface area contributed by atoms with E-state index in [2.05, 4.69) is 10.3 Å². The lowest BCUT2D eigenvalue weighted by Gasteiger charge is -2.20. The van der Waals surface area contributed by atoms with E-state index in [-0.39, 0.29) is 17.7 Å². The van der Waals surface area contributed by atoms with Gasteiger partial charge in [0.05, 0.1) is 11.7 Å². The lowest BCUT2D eigenvalue weighted by molar-refractivity contribution is 0.0672. The Morgan fingerprint density at radius 1 is 1.17 bits per heavy atom. The van der Waals surface area contributed by atoms with Crippen molar-refractivity contribution in [2.24, 2.45) is 0 Å². The monoisotopic (exact) mass is 323 g/mol. The van der Waals surface area contributed by atoms with E-state index in [1.54, 1.807) is 11.0 Å². The molecule has 1 atom stereocenters. The lowest BCUT2D eigenvalue weighted by Crippen LogP contribution is -2.30. The van der Waals surface area contributed by atoms with Crippen molar-refractivity contribution in [2.45, 2.75) is 25.8 Å².